The van der Waals surface area contributed by atoms with Gasteiger partial charge in [0.15, 0.2) is 5.82 Å². The molecule has 0 radical (unpaired) electrons. The Kier molecular flexibility index (Phi) is 7.52. The number of amides is 1. The highest BCUT2D eigenvalue weighted by Crippen LogP contribution is 2.30. The number of ether oxygens (including phenoxy) is 1. The number of nitrogens with one attached hydrogen (secondary N) is 1. The van der Waals surface area contributed by atoms with Gasteiger partial charge in [-0.05, 0) is 32.3 Å². The third-order valence-corrected chi connectivity index (χ3v) is 5.82. The van der Waals surface area contributed by atoms with Gasteiger partial charge in [-0.3, -0.25) is 9.48 Å². The van der Waals surface area contributed by atoms with Gasteiger partial charge in [-0.1, -0.05) is 6.92 Å². The van der Waals surface area contributed by atoms with Crippen molar-refractivity contribution in [3.05, 3.63) is 23.7 Å². The number of carbonyl (C=O) groups excluding carboxylic acids is 1. The summed E-state index contributed by atoms with van der Waals surface area (Å²) in [6.45, 7) is 3.29. The van der Waals surface area contributed by atoms with Crippen LogP contribution >= 0.6 is 0 Å². The molecule has 1 saturated heterocycles. The molecule has 1 unspecified atom stereocenters. The van der Waals surface area contributed by atoms with Crippen molar-refractivity contribution >= 4 is 34.7 Å². The van der Waals surface area contributed by atoms with Crippen LogP contribution in [0.5, 0.6) is 0 Å². The van der Waals surface area contributed by atoms with Crippen molar-refractivity contribution in [3.63, 3.8) is 0 Å². The number of halogens is 3. The van der Waals surface area contributed by atoms with E-state index in [0.717, 1.165) is 12.1 Å². The number of aryl methyl sites for hydroxylation is 2. The monoisotopic (exact) mass is 507 g/mol. The molecule has 1 atom stereocenters. The first-order valence-electron chi connectivity index (χ1n) is 11.7. The van der Waals surface area contributed by atoms with Crippen molar-refractivity contribution < 1.29 is 22.7 Å². The molecule has 14 heteroatoms. The van der Waals surface area contributed by atoms with E-state index in [2.05, 4.69) is 20.4 Å². The summed E-state index contributed by atoms with van der Waals surface area (Å²) in [5, 5.41) is 7.69. The highest BCUT2D eigenvalue weighted by molar-refractivity contribution is 5.90. The number of rotatable bonds is 9. The summed E-state index contributed by atoms with van der Waals surface area (Å²) >= 11 is 0. The van der Waals surface area contributed by atoms with Crippen molar-refractivity contribution in [1.82, 2.24) is 29.7 Å². The lowest BCUT2D eigenvalue weighted by Gasteiger charge is -2.31. The summed E-state index contributed by atoms with van der Waals surface area (Å²) < 4.78 is 43.9. The van der Waals surface area contributed by atoms with Crippen LogP contribution in [0.25, 0.3) is 11.0 Å². The fourth-order valence-electron chi connectivity index (χ4n) is 4.11. The number of hydrogen-bond donors (Lipinski definition) is 2. The molecule has 0 saturated carbocycles. The first kappa shape index (κ1) is 25.5. The average Bonchev–Trinajstić information content (AvgIpc) is 3.19. The van der Waals surface area contributed by atoms with Crippen LogP contribution in [0.3, 0.4) is 0 Å². The molecule has 0 bridgehead atoms. The van der Waals surface area contributed by atoms with E-state index in [1.807, 2.05) is 18.7 Å². The molecule has 1 fully saturated rings. The molecule has 4 heterocycles. The van der Waals surface area contributed by atoms with Gasteiger partial charge in [0.1, 0.15) is 17.6 Å². The fraction of sp³-hybridized carbons (Fsp3) is 0.545. The standard InChI is InChI=1S/C22H28F3N9O2/c1-3-15-16-17(34(32-15)9-10-36-12-22(23,24)25)19(30-20-27-7-6-13(2)28-20)31-21(29-16)33-8-4-5-14(11-33)18(26)35/h6-7,14H,3-5,8-12H2,1-2H3,(H2,26,35)(H,27,28,29,30,31). The Morgan fingerprint density at radius 1 is 1.31 bits per heavy atom. The number of carbonyl (C=O) groups is 1. The van der Waals surface area contributed by atoms with Gasteiger partial charge < -0.3 is 20.7 Å². The maximum atomic E-state index is 12.5. The Morgan fingerprint density at radius 2 is 2.11 bits per heavy atom. The number of aromatic nitrogens is 6. The number of primary amides is 1. The number of alkyl halides is 3. The Hall–Kier alpha value is -3.55. The van der Waals surface area contributed by atoms with Crippen LogP contribution in [-0.4, -0.2) is 68.1 Å². The van der Waals surface area contributed by atoms with E-state index in [-0.39, 0.29) is 25.0 Å². The zero-order chi connectivity index (χ0) is 25.9. The van der Waals surface area contributed by atoms with Gasteiger partial charge >= 0.3 is 6.18 Å². The molecule has 3 aromatic rings. The van der Waals surface area contributed by atoms with Gasteiger partial charge in [-0.25, -0.2) is 15.0 Å². The minimum atomic E-state index is -4.41. The zero-order valence-corrected chi connectivity index (χ0v) is 20.0. The van der Waals surface area contributed by atoms with Crippen molar-refractivity contribution in [2.24, 2.45) is 11.7 Å². The lowest BCUT2D eigenvalue weighted by molar-refractivity contribution is -0.174. The van der Waals surface area contributed by atoms with Crippen LogP contribution in [0.15, 0.2) is 12.3 Å². The molecular formula is C22H28F3N9O2. The first-order valence-corrected chi connectivity index (χ1v) is 11.7. The van der Waals surface area contributed by atoms with Crippen molar-refractivity contribution in [3.8, 4) is 0 Å². The molecule has 3 N–H and O–H groups in total. The highest BCUT2D eigenvalue weighted by atomic mass is 19.4. The predicted molar refractivity (Wildman–Crippen MR) is 126 cm³/mol. The maximum Gasteiger partial charge on any atom is 0.411 e. The molecule has 1 aliphatic rings. The normalized spacial score (nSPS) is 16.5. The van der Waals surface area contributed by atoms with Crippen LogP contribution in [0.1, 0.15) is 31.2 Å². The molecule has 194 valence electrons. The lowest BCUT2D eigenvalue weighted by Crippen LogP contribution is -2.42. The van der Waals surface area contributed by atoms with Crippen molar-refractivity contribution in [2.45, 2.75) is 45.8 Å². The Balaban J connectivity index is 1.74. The zero-order valence-electron chi connectivity index (χ0n) is 20.0. The number of fused-ring (bicyclic) bond motifs is 1. The molecule has 0 aliphatic carbocycles. The molecule has 1 aliphatic heterocycles. The van der Waals surface area contributed by atoms with E-state index in [0.29, 0.717) is 60.4 Å². The van der Waals surface area contributed by atoms with Crippen LogP contribution < -0.4 is 16.0 Å². The maximum absolute atomic E-state index is 12.5. The topological polar surface area (TPSA) is 137 Å². The number of nitrogens with two attached hydrogens (primary N) is 1. The Bertz CT molecular complexity index is 1230. The smallest absolute Gasteiger partial charge is 0.370 e. The van der Waals surface area contributed by atoms with E-state index in [9.17, 15) is 18.0 Å². The van der Waals surface area contributed by atoms with Gasteiger partial charge in [0.2, 0.25) is 17.8 Å². The minimum Gasteiger partial charge on any atom is -0.370 e. The Morgan fingerprint density at radius 3 is 2.81 bits per heavy atom. The molecule has 1 amide bonds. The summed E-state index contributed by atoms with van der Waals surface area (Å²) in [6.07, 6.45) is -0.813. The first-order chi connectivity index (χ1) is 17.1. The molecule has 3 aromatic heterocycles. The number of piperidine rings is 1. The SMILES string of the molecule is CCc1nn(CCOCC(F)(F)F)c2c(Nc3nccc(C)n3)nc(N3CCCC(C(N)=O)C3)nc12. The van der Waals surface area contributed by atoms with Crippen LogP contribution in [-0.2, 0) is 22.5 Å². The minimum absolute atomic E-state index is 0.0616. The van der Waals surface area contributed by atoms with E-state index in [1.165, 1.54) is 4.68 Å². The fourth-order valence-corrected chi connectivity index (χ4v) is 4.11. The Labute approximate surface area is 205 Å². The third-order valence-electron chi connectivity index (χ3n) is 5.82. The summed E-state index contributed by atoms with van der Waals surface area (Å²) in [5.41, 5.74) is 7.99. The lowest BCUT2D eigenvalue weighted by atomic mass is 9.98. The molecule has 0 aromatic carbocycles. The van der Waals surface area contributed by atoms with Crippen molar-refractivity contribution in [1.29, 1.82) is 0 Å². The van der Waals surface area contributed by atoms with Crippen molar-refractivity contribution in [2.75, 3.05) is 36.5 Å². The average molecular weight is 508 g/mol. The van der Waals surface area contributed by atoms with Gasteiger partial charge in [-0.15, -0.1) is 0 Å². The third kappa shape index (κ3) is 5.98. The second-order valence-corrected chi connectivity index (χ2v) is 8.59. The summed E-state index contributed by atoms with van der Waals surface area (Å²) in [5.74, 6) is 0.367. The van der Waals surface area contributed by atoms with Gasteiger partial charge in [0.25, 0.3) is 0 Å². The second kappa shape index (κ2) is 10.6. The van der Waals surface area contributed by atoms with Gasteiger partial charge in [-0.2, -0.15) is 23.3 Å². The van der Waals surface area contributed by atoms with E-state index < -0.39 is 12.8 Å². The summed E-state index contributed by atoms with van der Waals surface area (Å²) in [4.78, 5) is 31.8. The van der Waals surface area contributed by atoms with E-state index in [1.54, 1.807) is 12.3 Å². The summed E-state index contributed by atoms with van der Waals surface area (Å²) in [7, 11) is 0. The van der Waals surface area contributed by atoms with Gasteiger partial charge in [0.05, 0.1) is 24.8 Å². The number of hydrogen-bond acceptors (Lipinski definition) is 9. The van der Waals surface area contributed by atoms with E-state index in [4.69, 9.17) is 20.4 Å². The van der Waals surface area contributed by atoms with Crippen LogP contribution in [0, 0.1) is 12.8 Å². The number of nitrogens with zero attached hydrogens (tertiary/aromatic N) is 7. The van der Waals surface area contributed by atoms with Crippen LogP contribution in [0.2, 0.25) is 0 Å². The molecule has 11 nitrogen and oxygen atoms in total. The molecule has 4 rings (SSSR count). The van der Waals surface area contributed by atoms with Crippen LogP contribution in [0.4, 0.5) is 30.9 Å². The molecule has 36 heavy (non-hydrogen) atoms. The quantitative estimate of drug-likeness (QED) is 0.419. The number of anilines is 3. The predicted octanol–water partition coefficient (Wildman–Crippen LogP) is 2.51. The summed E-state index contributed by atoms with van der Waals surface area (Å²) in [6, 6.07) is 1.75. The second-order valence-electron chi connectivity index (χ2n) is 8.59. The molecular weight excluding hydrogens is 479 g/mol. The largest absolute Gasteiger partial charge is 0.411 e. The highest BCUT2D eigenvalue weighted by Gasteiger charge is 2.29. The molecule has 0 spiro atoms. The van der Waals surface area contributed by atoms with E-state index >= 15 is 0 Å². The van der Waals surface area contributed by atoms with Gasteiger partial charge in [0, 0.05) is 25.0 Å².